The van der Waals surface area contributed by atoms with Crippen molar-refractivity contribution in [1.29, 1.82) is 0 Å². The maximum atomic E-state index is 11.7. The predicted octanol–water partition coefficient (Wildman–Crippen LogP) is 1.88. The minimum atomic E-state index is -0.504. The van der Waals surface area contributed by atoms with Gasteiger partial charge in [-0.3, -0.25) is 14.9 Å². The van der Waals surface area contributed by atoms with Crippen LogP contribution >= 0.6 is 0 Å². The van der Waals surface area contributed by atoms with Crippen molar-refractivity contribution in [3.8, 4) is 0 Å². The van der Waals surface area contributed by atoms with Gasteiger partial charge < -0.3 is 5.32 Å². The summed E-state index contributed by atoms with van der Waals surface area (Å²) in [5, 5.41) is 13.4. The summed E-state index contributed by atoms with van der Waals surface area (Å²) >= 11 is 0. The second kappa shape index (κ2) is 3.59. The number of nitrogens with one attached hydrogen (secondary N) is 1. The highest BCUT2D eigenvalue weighted by atomic mass is 16.6. The van der Waals surface area contributed by atoms with Crippen molar-refractivity contribution in [2.45, 2.75) is 25.3 Å². The molecule has 0 unspecified atom stereocenters. The molecule has 84 valence electrons. The first-order valence-corrected chi connectivity index (χ1v) is 5.07. The Bertz CT molecular complexity index is 452. The van der Waals surface area contributed by atoms with Gasteiger partial charge >= 0.3 is 0 Å². The molecule has 0 saturated heterocycles. The number of amides is 1. The van der Waals surface area contributed by atoms with E-state index in [1.165, 1.54) is 18.2 Å². The van der Waals surface area contributed by atoms with Gasteiger partial charge in [0.25, 0.3) is 11.6 Å². The van der Waals surface area contributed by atoms with Crippen LogP contribution in [0.5, 0.6) is 0 Å². The zero-order valence-electron chi connectivity index (χ0n) is 8.90. The largest absolute Gasteiger partial charge is 0.347 e. The Morgan fingerprint density at radius 1 is 1.50 bits per heavy atom. The number of non-ortho nitro benzene ring substituents is 1. The number of nitrogens with zero attached hydrogens (tertiary/aromatic N) is 1. The van der Waals surface area contributed by atoms with E-state index in [9.17, 15) is 14.9 Å². The van der Waals surface area contributed by atoms with E-state index in [-0.39, 0.29) is 17.1 Å². The standard InChI is InChI=1S/C11H12N2O3/c1-11(5-6-11)12-10(14)8-3-2-4-9(7-8)13(15)16/h2-4,7H,5-6H2,1H3,(H,12,14). The quantitative estimate of drug-likeness (QED) is 0.624. The van der Waals surface area contributed by atoms with Crippen molar-refractivity contribution in [2.75, 3.05) is 0 Å². The molecule has 0 aromatic heterocycles. The summed E-state index contributed by atoms with van der Waals surface area (Å²) in [6.07, 6.45) is 1.93. The number of nitro groups is 1. The molecule has 2 rings (SSSR count). The molecule has 0 aliphatic heterocycles. The average Bonchev–Trinajstić information content (AvgIpc) is 2.96. The molecule has 16 heavy (non-hydrogen) atoms. The molecule has 1 aliphatic carbocycles. The monoisotopic (exact) mass is 220 g/mol. The highest BCUT2D eigenvalue weighted by Crippen LogP contribution is 2.34. The fraction of sp³-hybridized carbons (Fsp3) is 0.364. The van der Waals surface area contributed by atoms with E-state index >= 15 is 0 Å². The highest BCUT2D eigenvalue weighted by molar-refractivity contribution is 5.95. The van der Waals surface area contributed by atoms with E-state index in [1.807, 2.05) is 6.92 Å². The van der Waals surface area contributed by atoms with E-state index in [0.29, 0.717) is 5.56 Å². The number of carbonyl (C=O) groups is 1. The second-order valence-electron chi connectivity index (χ2n) is 4.32. The van der Waals surface area contributed by atoms with Crippen molar-refractivity contribution in [3.63, 3.8) is 0 Å². The number of nitro benzene ring substituents is 1. The van der Waals surface area contributed by atoms with E-state index in [0.717, 1.165) is 12.8 Å². The number of rotatable bonds is 3. The van der Waals surface area contributed by atoms with Gasteiger partial charge in [0.15, 0.2) is 0 Å². The van der Waals surface area contributed by atoms with Gasteiger partial charge in [0, 0.05) is 23.2 Å². The molecular formula is C11H12N2O3. The van der Waals surface area contributed by atoms with Crippen LogP contribution in [0.1, 0.15) is 30.1 Å². The van der Waals surface area contributed by atoms with Crippen LogP contribution in [0.4, 0.5) is 5.69 Å². The third-order valence-electron chi connectivity index (χ3n) is 2.73. The fourth-order valence-corrected chi connectivity index (χ4v) is 1.42. The Kier molecular flexibility index (Phi) is 2.38. The van der Waals surface area contributed by atoms with Gasteiger partial charge in [-0.05, 0) is 25.8 Å². The van der Waals surface area contributed by atoms with Gasteiger partial charge in [-0.15, -0.1) is 0 Å². The molecule has 1 N–H and O–H groups in total. The van der Waals surface area contributed by atoms with Gasteiger partial charge in [0.1, 0.15) is 0 Å². The van der Waals surface area contributed by atoms with E-state index in [4.69, 9.17) is 0 Å². The van der Waals surface area contributed by atoms with E-state index in [2.05, 4.69) is 5.32 Å². The highest BCUT2D eigenvalue weighted by Gasteiger charge is 2.38. The van der Waals surface area contributed by atoms with Crippen molar-refractivity contribution < 1.29 is 9.72 Å². The van der Waals surface area contributed by atoms with Crippen LogP contribution in [-0.2, 0) is 0 Å². The molecule has 0 radical (unpaired) electrons. The zero-order chi connectivity index (χ0) is 11.8. The summed E-state index contributed by atoms with van der Waals surface area (Å²) in [6.45, 7) is 1.96. The zero-order valence-corrected chi connectivity index (χ0v) is 8.90. The maximum Gasteiger partial charge on any atom is 0.270 e. The van der Waals surface area contributed by atoms with Crippen molar-refractivity contribution in [3.05, 3.63) is 39.9 Å². The van der Waals surface area contributed by atoms with Crippen LogP contribution in [0.2, 0.25) is 0 Å². The minimum absolute atomic E-state index is 0.0615. The Balaban J connectivity index is 2.16. The first-order valence-electron chi connectivity index (χ1n) is 5.07. The minimum Gasteiger partial charge on any atom is -0.347 e. The van der Waals surface area contributed by atoms with Crippen LogP contribution in [0.15, 0.2) is 24.3 Å². The summed E-state index contributed by atoms with van der Waals surface area (Å²) in [7, 11) is 0. The Morgan fingerprint density at radius 3 is 2.75 bits per heavy atom. The number of hydrogen-bond acceptors (Lipinski definition) is 3. The van der Waals surface area contributed by atoms with Gasteiger partial charge in [-0.25, -0.2) is 0 Å². The molecule has 0 bridgehead atoms. The molecule has 0 atom stereocenters. The topological polar surface area (TPSA) is 72.2 Å². The molecule has 1 amide bonds. The molecular weight excluding hydrogens is 208 g/mol. The van der Waals surface area contributed by atoms with E-state index < -0.39 is 4.92 Å². The van der Waals surface area contributed by atoms with Crippen LogP contribution in [0.3, 0.4) is 0 Å². The lowest BCUT2D eigenvalue weighted by Crippen LogP contribution is -2.34. The predicted molar refractivity (Wildman–Crippen MR) is 58.2 cm³/mol. The summed E-state index contributed by atoms with van der Waals surface area (Å²) in [6, 6.07) is 5.76. The van der Waals surface area contributed by atoms with Crippen LogP contribution in [0, 0.1) is 10.1 Å². The van der Waals surface area contributed by atoms with Crippen LogP contribution < -0.4 is 5.32 Å². The lowest BCUT2D eigenvalue weighted by molar-refractivity contribution is -0.384. The smallest absolute Gasteiger partial charge is 0.270 e. The third-order valence-corrected chi connectivity index (χ3v) is 2.73. The fourth-order valence-electron chi connectivity index (χ4n) is 1.42. The van der Waals surface area contributed by atoms with Gasteiger partial charge in [-0.1, -0.05) is 6.07 Å². The van der Waals surface area contributed by atoms with Crippen molar-refractivity contribution in [1.82, 2.24) is 5.32 Å². The summed E-state index contributed by atoms with van der Waals surface area (Å²) in [5.74, 6) is -0.247. The lowest BCUT2D eigenvalue weighted by Gasteiger charge is -2.10. The average molecular weight is 220 g/mol. The summed E-state index contributed by atoms with van der Waals surface area (Å²) in [4.78, 5) is 21.8. The van der Waals surface area contributed by atoms with Crippen LogP contribution in [-0.4, -0.2) is 16.4 Å². The SMILES string of the molecule is CC1(NC(=O)c2cccc([N+](=O)[O-])c2)CC1. The van der Waals surface area contributed by atoms with Gasteiger partial charge in [0.2, 0.25) is 0 Å². The molecule has 1 aromatic rings. The Morgan fingerprint density at radius 2 is 2.19 bits per heavy atom. The summed E-state index contributed by atoms with van der Waals surface area (Å²) < 4.78 is 0. The van der Waals surface area contributed by atoms with Gasteiger partial charge in [0.05, 0.1) is 4.92 Å². The Labute approximate surface area is 92.6 Å². The molecule has 1 aliphatic rings. The van der Waals surface area contributed by atoms with Crippen molar-refractivity contribution in [2.24, 2.45) is 0 Å². The van der Waals surface area contributed by atoms with E-state index in [1.54, 1.807) is 6.07 Å². The number of carbonyl (C=O) groups excluding carboxylic acids is 1. The third kappa shape index (κ3) is 2.18. The van der Waals surface area contributed by atoms with Crippen molar-refractivity contribution >= 4 is 11.6 Å². The first-order chi connectivity index (χ1) is 7.50. The molecule has 1 saturated carbocycles. The molecule has 0 spiro atoms. The normalized spacial score (nSPS) is 16.6. The molecule has 1 aromatic carbocycles. The number of hydrogen-bond donors (Lipinski definition) is 1. The molecule has 5 heteroatoms. The lowest BCUT2D eigenvalue weighted by atomic mass is 10.1. The Hall–Kier alpha value is -1.91. The number of benzene rings is 1. The second-order valence-corrected chi connectivity index (χ2v) is 4.32. The maximum absolute atomic E-state index is 11.7. The van der Waals surface area contributed by atoms with Gasteiger partial charge in [-0.2, -0.15) is 0 Å². The van der Waals surface area contributed by atoms with Crippen LogP contribution in [0.25, 0.3) is 0 Å². The molecule has 5 nitrogen and oxygen atoms in total. The molecule has 0 heterocycles. The molecule has 1 fully saturated rings. The first kappa shape index (κ1) is 10.6. The summed E-state index contributed by atoms with van der Waals surface area (Å²) in [5.41, 5.74) is 0.165.